The van der Waals surface area contributed by atoms with Gasteiger partial charge in [-0.15, -0.1) is 0 Å². The maximum Gasteiger partial charge on any atom is 0.416 e. The van der Waals surface area contributed by atoms with Crippen LogP contribution in [0.25, 0.3) is 0 Å². The highest BCUT2D eigenvalue weighted by Gasteiger charge is 2.33. The second kappa shape index (κ2) is 12.3. The van der Waals surface area contributed by atoms with Gasteiger partial charge in [0.25, 0.3) is 10.0 Å². The molecule has 0 aliphatic carbocycles. The number of amides is 1. The van der Waals surface area contributed by atoms with Gasteiger partial charge < -0.3 is 19.5 Å². The monoisotopic (exact) mass is 566 g/mol. The molecule has 3 aromatic rings. The minimum Gasteiger partial charge on any atom is -0.493 e. The van der Waals surface area contributed by atoms with Crippen molar-refractivity contribution in [2.45, 2.75) is 31.0 Å². The highest BCUT2D eigenvalue weighted by atomic mass is 32.2. The van der Waals surface area contributed by atoms with Crippen LogP contribution in [0.2, 0.25) is 0 Å². The average Bonchev–Trinajstić information content (AvgIpc) is 2.90. The zero-order chi connectivity index (χ0) is 28.8. The van der Waals surface area contributed by atoms with Crippen LogP contribution in [0.4, 0.5) is 18.9 Å². The van der Waals surface area contributed by atoms with E-state index in [-0.39, 0.29) is 28.7 Å². The van der Waals surface area contributed by atoms with Crippen molar-refractivity contribution in [3.05, 3.63) is 77.9 Å². The van der Waals surface area contributed by atoms with E-state index in [0.29, 0.717) is 16.1 Å². The Labute approximate surface area is 225 Å². The van der Waals surface area contributed by atoms with Gasteiger partial charge in [-0.1, -0.05) is 24.3 Å². The van der Waals surface area contributed by atoms with Gasteiger partial charge >= 0.3 is 6.18 Å². The van der Waals surface area contributed by atoms with E-state index in [1.807, 2.05) is 19.1 Å². The molecule has 1 unspecified atom stereocenters. The topological polar surface area (TPSA) is 94.2 Å². The van der Waals surface area contributed by atoms with Gasteiger partial charge in [0, 0.05) is 6.07 Å². The number of benzene rings is 3. The molecule has 39 heavy (non-hydrogen) atoms. The molecule has 12 heteroatoms. The number of halogens is 3. The molecule has 0 spiro atoms. The first-order valence-electron chi connectivity index (χ1n) is 11.8. The third kappa shape index (κ3) is 7.34. The number of carbonyl (C=O) groups is 1. The molecule has 1 atom stereocenters. The minimum absolute atomic E-state index is 0.0859. The lowest BCUT2D eigenvalue weighted by atomic mass is 10.2. The number of hydrogen-bond donors (Lipinski definition) is 1. The number of alkyl halides is 3. The maximum atomic E-state index is 13.7. The lowest BCUT2D eigenvalue weighted by Gasteiger charge is -2.26. The third-order valence-electron chi connectivity index (χ3n) is 5.68. The first kappa shape index (κ1) is 29.6. The molecule has 0 aliphatic rings. The molecular weight excluding hydrogens is 537 g/mol. The number of aryl methyl sites for hydroxylation is 1. The van der Waals surface area contributed by atoms with Crippen LogP contribution >= 0.6 is 0 Å². The van der Waals surface area contributed by atoms with Gasteiger partial charge in [0.05, 0.1) is 36.4 Å². The van der Waals surface area contributed by atoms with E-state index in [2.05, 4.69) is 5.32 Å². The molecule has 0 aliphatic heterocycles. The Bertz CT molecular complexity index is 1410. The van der Waals surface area contributed by atoms with Gasteiger partial charge in [0.2, 0.25) is 5.91 Å². The number of para-hydroxylation sites is 1. The third-order valence-corrected chi connectivity index (χ3v) is 7.45. The van der Waals surface area contributed by atoms with Crippen molar-refractivity contribution in [2.24, 2.45) is 0 Å². The highest BCUT2D eigenvalue weighted by molar-refractivity contribution is 7.92. The molecular formula is C27H29F3N2O6S. The van der Waals surface area contributed by atoms with E-state index in [4.69, 9.17) is 14.2 Å². The Morgan fingerprint density at radius 3 is 2.28 bits per heavy atom. The summed E-state index contributed by atoms with van der Waals surface area (Å²) >= 11 is 0. The summed E-state index contributed by atoms with van der Waals surface area (Å²) < 4.78 is 84.3. The molecule has 8 nitrogen and oxygen atoms in total. The van der Waals surface area contributed by atoms with Crippen molar-refractivity contribution in [3.63, 3.8) is 0 Å². The summed E-state index contributed by atoms with van der Waals surface area (Å²) in [5.74, 6) is 0.230. The molecule has 0 aromatic heterocycles. The van der Waals surface area contributed by atoms with Crippen molar-refractivity contribution in [1.82, 2.24) is 5.32 Å². The van der Waals surface area contributed by atoms with Crippen molar-refractivity contribution in [3.8, 4) is 17.2 Å². The standard InChI is InChI=1S/C27H29F3N2O6S/c1-18-8-5-6-11-23(18)38-17-19(2)31-26(33)16-32(21-10-7-9-20(14-21)27(28,29)30)39(34,35)22-12-13-24(36-3)25(15-22)37-4/h5-15,19H,16-17H2,1-4H3,(H,31,33). The van der Waals surface area contributed by atoms with Crippen LogP contribution in [0, 0.1) is 6.92 Å². The molecule has 3 rings (SSSR count). The van der Waals surface area contributed by atoms with Crippen LogP contribution in [0.1, 0.15) is 18.1 Å². The van der Waals surface area contributed by atoms with Crippen LogP contribution < -0.4 is 23.8 Å². The zero-order valence-corrected chi connectivity index (χ0v) is 22.6. The van der Waals surface area contributed by atoms with Crippen molar-refractivity contribution in [1.29, 1.82) is 0 Å². The Balaban J connectivity index is 1.90. The first-order chi connectivity index (χ1) is 18.4. The number of sulfonamides is 1. The van der Waals surface area contributed by atoms with Crippen LogP contribution in [0.15, 0.2) is 71.6 Å². The molecule has 0 saturated heterocycles. The summed E-state index contributed by atoms with van der Waals surface area (Å²) in [5, 5.41) is 2.64. The fraction of sp³-hybridized carbons (Fsp3) is 0.296. The second-order valence-corrected chi connectivity index (χ2v) is 10.5. The second-order valence-electron chi connectivity index (χ2n) is 8.62. The summed E-state index contributed by atoms with van der Waals surface area (Å²) in [6.45, 7) is 2.83. The Morgan fingerprint density at radius 2 is 1.64 bits per heavy atom. The summed E-state index contributed by atoms with van der Waals surface area (Å²) in [6.07, 6.45) is -4.72. The van der Waals surface area contributed by atoms with E-state index in [1.54, 1.807) is 19.1 Å². The predicted octanol–water partition coefficient (Wildman–Crippen LogP) is 4.81. The van der Waals surface area contributed by atoms with Crippen molar-refractivity contribution < 1.29 is 40.6 Å². The van der Waals surface area contributed by atoms with E-state index in [0.717, 1.165) is 17.7 Å². The SMILES string of the molecule is COc1ccc(S(=O)(=O)N(CC(=O)NC(C)COc2ccccc2C)c2cccc(C(F)(F)F)c2)cc1OC. The van der Waals surface area contributed by atoms with Crippen molar-refractivity contribution >= 4 is 21.6 Å². The number of nitrogens with one attached hydrogen (secondary N) is 1. The summed E-state index contributed by atoms with van der Waals surface area (Å²) in [4.78, 5) is 12.7. The Kier molecular flexibility index (Phi) is 9.33. The number of methoxy groups -OCH3 is 2. The Hall–Kier alpha value is -3.93. The van der Waals surface area contributed by atoms with Crippen LogP contribution in [0.3, 0.4) is 0 Å². The molecule has 3 aromatic carbocycles. The fourth-order valence-electron chi connectivity index (χ4n) is 3.68. The molecule has 0 saturated carbocycles. The number of carbonyl (C=O) groups excluding carboxylic acids is 1. The summed E-state index contributed by atoms with van der Waals surface area (Å²) in [6, 6.07) is 14.2. The van der Waals surface area contributed by atoms with E-state index in [9.17, 15) is 26.4 Å². The van der Waals surface area contributed by atoms with Gasteiger partial charge in [-0.3, -0.25) is 9.10 Å². The van der Waals surface area contributed by atoms with Gasteiger partial charge in [0.15, 0.2) is 11.5 Å². The lowest BCUT2D eigenvalue weighted by molar-refractivity contribution is -0.137. The van der Waals surface area contributed by atoms with Gasteiger partial charge in [-0.2, -0.15) is 13.2 Å². The molecule has 1 amide bonds. The normalized spacial score (nSPS) is 12.4. The van der Waals surface area contributed by atoms with E-state index >= 15 is 0 Å². The minimum atomic E-state index is -4.72. The van der Waals surface area contributed by atoms with Gasteiger partial charge in [-0.05, 0) is 55.8 Å². The number of anilines is 1. The first-order valence-corrected chi connectivity index (χ1v) is 13.2. The quantitative estimate of drug-likeness (QED) is 0.358. The van der Waals surface area contributed by atoms with Crippen LogP contribution in [-0.4, -0.2) is 47.7 Å². The average molecular weight is 567 g/mol. The van der Waals surface area contributed by atoms with Gasteiger partial charge in [-0.25, -0.2) is 8.42 Å². The molecule has 0 bridgehead atoms. The highest BCUT2D eigenvalue weighted by Crippen LogP contribution is 2.35. The molecule has 1 N–H and O–H groups in total. The fourth-order valence-corrected chi connectivity index (χ4v) is 5.11. The number of ether oxygens (including phenoxy) is 3. The molecule has 0 fully saturated rings. The number of nitrogens with zero attached hydrogens (tertiary/aromatic N) is 1. The summed E-state index contributed by atoms with van der Waals surface area (Å²) in [5.41, 5.74) is -0.501. The zero-order valence-electron chi connectivity index (χ0n) is 21.8. The predicted molar refractivity (Wildman–Crippen MR) is 140 cm³/mol. The Morgan fingerprint density at radius 1 is 0.949 bits per heavy atom. The van der Waals surface area contributed by atoms with Crippen LogP contribution in [-0.2, 0) is 21.0 Å². The summed E-state index contributed by atoms with van der Waals surface area (Å²) in [7, 11) is -1.84. The molecule has 210 valence electrons. The van der Waals surface area contributed by atoms with E-state index < -0.39 is 40.3 Å². The maximum absolute atomic E-state index is 13.7. The van der Waals surface area contributed by atoms with Gasteiger partial charge in [0.1, 0.15) is 18.9 Å². The molecule has 0 heterocycles. The van der Waals surface area contributed by atoms with E-state index in [1.165, 1.54) is 38.5 Å². The van der Waals surface area contributed by atoms with Crippen LogP contribution in [0.5, 0.6) is 17.2 Å². The molecule has 0 radical (unpaired) electrons. The lowest BCUT2D eigenvalue weighted by Crippen LogP contribution is -2.45. The largest absolute Gasteiger partial charge is 0.493 e. The van der Waals surface area contributed by atoms with Crippen molar-refractivity contribution in [2.75, 3.05) is 31.7 Å². The smallest absolute Gasteiger partial charge is 0.416 e. The number of rotatable bonds is 11. The number of hydrogen-bond acceptors (Lipinski definition) is 6.